The molecule has 1 aliphatic carbocycles. The Balaban J connectivity index is 1.79. The van der Waals surface area contributed by atoms with E-state index in [1.807, 2.05) is 19.1 Å². The van der Waals surface area contributed by atoms with Crippen molar-refractivity contribution in [2.45, 2.75) is 51.7 Å². The van der Waals surface area contributed by atoms with Crippen molar-refractivity contribution in [3.63, 3.8) is 0 Å². The van der Waals surface area contributed by atoms with E-state index >= 15 is 0 Å². The lowest BCUT2D eigenvalue weighted by molar-refractivity contribution is -0.256. The molecule has 0 N–H and O–H groups in total. The molecule has 0 amide bonds. The number of alkyl halides is 2. The van der Waals surface area contributed by atoms with Crippen LogP contribution in [-0.4, -0.2) is 6.11 Å². The first-order chi connectivity index (χ1) is 11.0. The molecule has 2 nitrogen and oxygen atoms in total. The minimum absolute atomic E-state index is 0.0347. The molecule has 0 aliphatic heterocycles. The van der Waals surface area contributed by atoms with Gasteiger partial charge in [0.1, 0.15) is 0 Å². The molecule has 0 heterocycles. The maximum atomic E-state index is 14.0. The smallest absolute Gasteiger partial charge is 0.316 e. The topological polar surface area (TPSA) is 33.0 Å². The van der Waals surface area contributed by atoms with Crippen molar-refractivity contribution in [3.05, 3.63) is 47.5 Å². The fourth-order valence-electron chi connectivity index (χ4n) is 3.12. The predicted octanol–water partition coefficient (Wildman–Crippen LogP) is 5.44. The van der Waals surface area contributed by atoms with Gasteiger partial charge in [-0.3, -0.25) is 0 Å². The quantitative estimate of drug-likeness (QED) is 0.654. The zero-order valence-electron chi connectivity index (χ0n) is 13.5. The molecule has 4 heteroatoms. The third-order valence-electron chi connectivity index (χ3n) is 4.42. The molecule has 1 saturated carbocycles. The molecule has 1 aliphatic rings. The van der Waals surface area contributed by atoms with Crippen molar-refractivity contribution < 1.29 is 13.5 Å². The first-order valence-corrected chi connectivity index (χ1v) is 8.16. The van der Waals surface area contributed by atoms with E-state index in [9.17, 15) is 8.78 Å². The van der Waals surface area contributed by atoms with Gasteiger partial charge in [-0.1, -0.05) is 24.3 Å². The van der Waals surface area contributed by atoms with E-state index in [0.29, 0.717) is 17.0 Å². The number of hydrogen-bond donors (Lipinski definition) is 0. The van der Waals surface area contributed by atoms with Gasteiger partial charge in [0.05, 0.1) is 18.2 Å². The maximum Gasteiger partial charge on any atom is 0.356 e. The van der Waals surface area contributed by atoms with E-state index < -0.39 is 6.11 Å². The van der Waals surface area contributed by atoms with Crippen LogP contribution in [-0.2, 0) is 11.3 Å². The summed E-state index contributed by atoms with van der Waals surface area (Å²) < 4.78 is 32.8. The molecule has 0 unspecified atom stereocenters. The molecular formula is C19H23F2NO. The summed E-state index contributed by atoms with van der Waals surface area (Å²) >= 11 is 0. The molecule has 0 radical (unpaired) electrons. The SMILES string of the molecule is C/C=C/[C@H]1CC[C@H](CC(F)(F)OCc2ccc(C#N)cc2)CC1. The summed E-state index contributed by atoms with van der Waals surface area (Å²) in [5, 5.41) is 8.72. The minimum Gasteiger partial charge on any atom is -0.316 e. The maximum absolute atomic E-state index is 14.0. The monoisotopic (exact) mass is 319 g/mol. The number of benzene rings is 1. The summed E-state index contributed by atoms with van der Waals surface area (Å²) in [6, 6.07) is 8.52. The Morgan fingerprint density at radius 2 is 1.87 bits per heavy atom. The fraction of sp³-hybridized carbons (Fsp3) is 0.526. The van der Waals surface area contributed by atoms with Crippen LogP contribution < -0.4 is 0 Å². The first-order valence-electron chi connectivity index (χ1n) is 8.16. The second-order valence-electron chi connectivity index (χ2n) is 6.25. The Hall–Kier alpha value is -1.73. The van der Waals surface area contributed by atoms with Gasteiger partial charge < -0.3 is 4.74 Å². The molecule has 0 atom stereocenters. The van der Waals surface area contributed by atoms with E-state index in [4.69, 9.17) is 10.00 Å². The van der Waals surface area contributed by atoms with Crippen molar-refractivity contribution in [3.8, 4) is 6.07 Å². The van der Waals surface area contributed by atoms with Gasteiger partial charge in [0.25, 0.3) is 0 Å². The van der Waals surface area contributed by atoms with Crippen LogP contribution >= 0.6 is 0 Å². The Morgan fingerprint density at radius 3 is 2.43 bits per heavy atom. The van der Waals surface area contributed by atoms with Gasteiger partial charge in [-0.15, -0.1) is 0 Å². The summed E-state index contributed by atoms with van der Waals surface area (Å²) in [6.07, 6.45) is 4.57. The highest BCUT2D eigenvalue weighted by Gasteiger charge is 2.35. The average Bonchev–Trinajstić information content (AvgIpc) is 2.55. The summed E-state index contributed by atoms with van der Waals surface area (Å²) in [6.45, 7) is 1.86. The highest BCUT2D eigenvalue weighted by atomic mass is 19.3. The fourth-order valence-corrected chi connectivity index (χ4v) is 3.12. The Morgan fingerprint density at radius 1 is 1.22 bits per heavy atom. The predicted molar refractivity (Wildman–Crippen MR) is 85.8 cm³/mol. The van der Waals surface area contributed by atoms with Crippen LogP contribution in [0.3, 0.4) is 0 Å². The van der Waals surface area contributed by atoms with Crippen molar-refractivity contribution in [2.24, 2.45) is 11.8 Å². The summed E-state index contributed by atoms with van der Waals surface area (Å²) in [5.74, 6) is 0.580. The van der Waals surface area contributed by atoms with Crippen LogP contribution in [0.5, 0.6) is 0 Å². The number of ether oxygens (including phenoxy) is 1. The van der Waals surface area contributed by atoms with Crippen molar-refractivity contribution in [1.82, 2.24) is 0 Å². The van der Waals surface area contributed by atoms with Crippen LogP contribution in [0.1, 0.15) is 50.2 Å². The number of nitrogens with zero attached hydrogens (tertiary/aromatic N) is 1. The Kier molecular flexibility index (Phi) is 6.29. The van der Waals surface area contributed by atoms with E-state index in [1.54, 1.807) is 24.3 Å². The molecule has 0 aromatic heterocycles. The van der Waals surface area contributed by atoms with Crippen LogP contribution in [0.25, 0.3) is 0 Å². The van der Waals surface area contributed by atoms with Gasteiger partial charge in [0, 0.05) is 6.42 Å². The van der Waals surface area contributed by atoms with E-state index in [0.717, 1.165) is 25.7 Å². The molecule has 0 spiro atoms. The molecule has 124 valence electrons. The third-order valence-corrected chi connectivity index (χ3v) is 4.42. The van der Waals surface area contributed by atoms with Gasteiger partial charge in [0.15, 0.2) is 0 Å². The van der Waals surface area contributed by atoms with Crippen molar-refractivity contribution in [2.75, 3.05) is 0 Å². The first kappa shape index (κ1) is 17.6. The Bertz CT molecular complexity index is 552. The molecule has 0 bridgehead atoms. The molecule has 2 rings (SSSR count). The lowest BCUT2D eigenvalue weighted by atomic mass is 9.80. The largest absolute Gasteiger partial charge is 0.356 e. The zero-order valence-corrected chi connectivity index (χ0v) is 13.5. The molecule has 23 heavy (non-hydrogen) atoms. The lowest BCUT2D eigenvalue weighted by Gasteiger charge is -2.29. The third kappa shape index (κ3) is 5.76. The average molecular weight is 319 g/mol. The van der Waals surface area contributed by atoms with Crippen LogP contribution in [0.4, 0.5) is 8.78 Å². The highest BCUT2D eigenvalue weighted by molar-refractivity contribution is 5.31. The summed E-state index contributed by atoms with van der Waals surface area (Å²) in [7, 11) is 0. The van der Waals surface area contributed by atoms with E-state index in [-0.39, 0.29) is 18.9 Å². The second-order valence-corrected chi connectivity index (χ2v) is 6.25. The van der Waals surface area contributed by atoms with Crippen LogP contribution in [0.15, 0.2) is 36.4 Å². The molecule has 0 saturated heterocycles. The Labute approximate surface area is 136 Å². The van der Waals surface area contributed by atoms with Gasteiger partial charge in [-0.25, -0.2) is 0 Å². The lowest BCUT2D eigenvalue weighted by Crippen LogP contribution is -2.26. The van der Waals surface area contributed by atoms with Crippen LogP contribution in [0.2, 0.25) is 0 Å². The highest BCUT2D eigenvalue weighted by Crippen LogP contribution is 2.37. The summed E-state index contributed by atoms with van der Waals surface area (Å²) in [4.78, 5) is 0. The van der Waals surface area contributed by atoms with E-state index in [1.165, 1.54) is 0 Å². The van der Waals surface area contributed by atoms with Crippen molar-refractivity contribution in [1.29, 1.82) is 5.26 Å². The van der Waals surface area contributed by atoms with Crippen molar-refractivity contribution >= 4 is 0 Å². The standard InChI is InChI=1S/C19H23F2NO/c1-2-3-15-4-6-16(7-5-15)12-19(20,21)23-14-18-10-8-17(13-22)9-11-18/h2-3,8-11,15-16H,4-7,12,14H2,1H3/b3-2+/t15-,16-. The van der Waals surface area contributed by atoms with Crippen LogP contribution in [0, 0.1) is 23.2 Å². The zero-order chi connectivity index (χ0) is 16.7. The number of rotatable bonds is 6. The van der Waals surface area contributed by atoms with Gasteiger partial charge >= 0.3 is 6.11 Å². The summed E-state index contributed by atoms with van der Waals surface area (Å²) in [5.41, 5.74) is 1.17. The number of halogens is 2. The number of allylic oxidation sites excluding steroid dienone is 2. The van der Waals surface area contributed by atoms with Gasteiger partial charge in [-0.2, -0.15) is 14.0 Å². The molecule has 1 aromatic rings. The molecule has 1 aromatic carbocycles. The number of nitriles is 1. The molecular weight excluding hydrogens is 296 g/mol. The van der Waals surface area contributed by atoms with Gasteiger partial charge in [0.2, 0.25) is 0 Å². The normalized spacial score (nSPS) is 22.2. The second kappa shape index (κ2) is 8.21. The number of hydrogen-bond acceptors (Lipinski definition) is 2. The minimum atomic E-state index is -3.09. The van der Waals surface area contributed by atoms with Gasteiger partial charge in [-0.05, 0) is 62.1 Å². The van der Waals surface area contributed by atoms with E-state index in [2.05, 4.69) is 6.08 Å². The molecule has 1 fully saturated rings.